The van der Waals surface area contributed by atoms with E-state index in [9.17, 15) is 13.2 Å². The van der Waals surface area contributed by atoms with Crippen LogP contribution in [0.15, 0.2) is 0 Å². The predicted molar refractivity (Wildman–Crippen MR) is 45.5 cm³/mol. The number of rotatable bonds is 0. The van der Waals surface area contributed by atoms with E-state index in [1.54, 1.807) is 13.8 Å². The van der Waals surface area contributed by atoms with Crippen LogP contribution in [0.5, 0.6) is 0 Å². The van der Waals surface area contributed by atoms with Gasteiger partial charge in [0.2, 0.25) is 5.91 Å². The van der Waals surface area contributed by atoms with Crippen molar-refractivity contribution in [1.82, 2.24) is 5.32 Å². The minimum atomic E-state index is -3.23. The summed E-state index contributed by atoms with van der Waals surface area (Å²) >= 11 is 0. The van der Waals surface area contributed by atoms with Crippen molar-refractivity contribution in [2.45, 2.75) is 31.6 Å². The van der Waals surface area contributed by atoms with Crippen molar-refractivity contribution in [3.05, 3.63) is 0 Å². The van der Waals surface area contributed by atoms with E-state index in [1.165, 1.54) is 6.92 Å². The Balaban J connectivity index is 3.03. The van der Waals surface area contributed by atoms with E-state index in [1.807, 2.05) is 0 Å². The molecule has 1 unspecified atom stereocenters. The minimum Gasteiger partial charge on any atom is -0.349 e. The molecule has 0 bridgehead atoms. The van der Waals surface area contributed by atoms with Gasteiger partial charge in [0.15, 0.2) is 9.84 Å². The summed E-state index contributed by atoms with van der Waals surface area (Å²) < 4.78 is 22.7. The average molecular weight is 191 g/mol. The zero-order chi connectivity index (χ0) is 9.57. The Morgan fingerprint density at radius 1 is 1.50 bits per heavy atom. The Morgan fingerprint density at radius 3 is 2.42 bits per heavy atom. The van der Waals surface area contributed by atoms with Crippen LogP contribution in [0.2, 0.25) is 0 Å². The predicted octanol–water partition coefficient (Wildman–Crippen LogP) is -0.302. The lowest BCUT2D eigenvalue weighted by Gasteiger charge is -2.33. The molecular weight excluding hydrogens is 178 g/mol. The standard InChI is InChI=1S/C7H13NO3S/c1-5-6(9)8-7(2,3)4-12(5,10)11/h5H,4H2,1-3H3,(H,8,9). The van der Waals surface area contributed by atoms with Gasteiger partial charge in [-0.05, 0) is 20.8 Å². The first-order chi connectivity index (χ1) is 5.25. The summed E-state index contributed by atoms with van der Waals surface area (Å²) in [6, 6.07) is 0. The largest absolute Gasteiger partial charge is 0.349 e. The summed E-state index contributed by atoms with van der Waals surface area (Å²) in [5.74, 6) is -0.376. The summed E-state index contributed by atoms with van der Waals surface area (Å²) in [6.45, 7) is 4.82. The normalized spacial score (nSPS) is 32.6. The fraction of sp³-hybridized carbons (Fsp3) is 0.857. The van der Waals surface area contributed by atoms with Crippen LogP contribution in [0.3, 0.4) is 0 Å². The summed E-state index contributed by atoms with van der Waals surface area (Å²) in [6.07, 6.45) is 0. The van der Waals surface area contributed by atoms with Gasteiger partial charge in [0.1, 0.15) is 5.25 Å². The van der Waals surface area contributed by atoms with Gasteiger partial charge < -0.3 is 5.32 Å². The lowest BCUT2D eigenvalue weighted by Crippen LogP contribution is -2.59. The second-order valence-corrected chi connectivity index (χ2v) is 6.14. The van der Waals surface area contributed by atoms with E-state index in [0.29, 0.717) is 0 Å². The molecule has 0 aliphatic carbocycles. The highest BCUT2D eigenvalue weighted by atomic mass is 32.2. The van der Waals surface area contributed by atoms with Crippen molar-refractivity contribution < 1.29 is 13.2 Å². The van der Waals surface area contributed by atoms with Crippen LogP contribution in [0.4, 0.5) is 0 Å². The van der Waals surface area contributed by atoms with Gasteiger partial charge in [0.25, 0.3) is 0 Å². The lowest BCUT2D eigenvalue weighted by atomic mass is 10.1. The number of sulfone groups is 1. The SMILES string of the molecule is CC1C(=O)NC(C)(C)CS1(=O)=O. The van der Waals surface area contributed by atoms with Crippen molar-refractivity contribution in [3.8, 4) is 0 Å². The Morgan fingerprint density at radius 2 is 2.00 bits per heavy atom. The molecule has 1 aliphatic rings. The maximum Gasteiger partial charge on any atom is 0.238 e. The number of carbonyl (C=O) groups is 1. The number of carbonyl (C=O) groups excluding carboxylic acids is 1. The molecule has 1 aliphatic heterocycles. The highest BCUT2D eigenvalue weighted by molar-refractivity contribution is 7.92. The Bertz CT molecular complexity index is 305. The van der Waals surface area contributed by atoms with E-state index in [2.05, 4.69) is 5.32 Å². The molecule has 1 saturated heterocycles. The molecule has 0 aromatic carbocycles. The summed E-state index contributed by atoms with van der Waals surface area (Å²) in [5, 5.41) is 1.75. The first kappa shape index (κ1) is 9.51. The molecule has 1 fully saturated rings. The Kier molecular flexibility index (Phi) is 1.94. The smallest absolute Gasteiger partial charge is 0.238 e. The fourth-order valence-electron chi connectivity index (χ4n) is 1.26. The molecule has 0 saturated carbocycles. The van der Waals surface area contributed by atoms with Crippen LogP contribution in [-0.2, 0) is 14.6 Å². The molecule has 1 amide bonds. The van der Waals surface area contributed by atoms with Gasteiger partial charge in [-0.3, -0.25) is 4.79 Å². The van der Waals surface area contributed by atoms with E-state index < -0.39 is 26.5 Å². The second-order valence-electron chi connectivity index (χ2n) is 3.82. The van der Waals surface area contributed by atoms with E-state index in [4.69, 9.17) is 0 Å². The Labute approximate surface area is 72.3 Å². The number of hydrogen-bond acceptors (Lipinski definition) is 3. The zero-order valence-electron chi connectivity index (χ0n) is 7.42. The molecule has 0 aromatic heterocycles. The average Bonchev–Trinajstić information content (AvgIpc) is 1.79. The summed E-state index contributed by atoms with van der Waals surface area (Å²) in [7, 11) is -3.23. The van der Waals surface area contributed by atoms with Crippen molar-refractivity contribution in [2.24, 2.45) is 0 Å². The lowest BCUT2D eigenvalue weighted by molar-refractivity contribution is -0.122. The minimum absolute atomic E-state index is 0.0207. The summed E-state index contributed by atoms with van der Waals surface area (Å²) in [4.78, 5) is 11.1. The second kappa shape index (κ2) is 2.45. The maximum atomic E-state index is 11.3. The van der Waals surface area contributed by atoms with Crippen LogP contribution in [0, 0.1) is 0 Å². The molecule has 1 rings (SSSR count). The summed E-state index contributed by atoms with van der Waals surface area (Å²) in [5.41, 5.74) is -0.623. The van der Waals surface area contributed by atoms with E-state index in [0.717, 1.165) is 0 Å². The van der Waals surface area contributed by atoms with Crippen LogP contribution in [-0.4, -0.2) is 30.9 Å². The molecule has 1 heterocycles. The highest BCUT2D eigenvalue weighted by Crippen LogP contribution is 2.17. The van der Waals surface area contributed by atoms with Crippen LogP contribution >= 0.6 is 0 Å². The van der Waals surface area contributed by atoms with E-state index >= 15 is 0 Å². The topological polar surface area (TPSA) is 63.2 Å². The molecule has 5 heteroatoms. The van der Waals surface area contributed by atoms with Crippen LogP contribution in [0.25, 0.3) is 0 Å². The van der Waals surface area contributed by atoms with Crippen LogP contribution < -0.4 is 5.32 Å². The van der Waals surface area contributed by atoms with Gasteiger partial charge in [0.05, 0.1) is 5.75 Å². The quantitative estimate of drug-likeness (QED) is 0.571. The molecule has 70 valence electrons. The van der Waals surface area contributed by atoms with Gasteiger partial charge in [0, 0.05) is 5.54 Å². The zero-order valence-corrected chi connectivity index (χ0v) is 8.23. The first-order valence-electron chi connectivity index (χ1n) is 3.78. The third kappa shape index (κ3) is 1.60. The third-order valence-corrected chi connectivity index (χ3v) is 4.35. The van der Waals surface area contributed by atoms with E-state index in [-0.39, 0.29) is 5.75 Å². The van der Waals surface area contributed by atoms with Crippen molar-refractivity contribution >= 4 is 15.7 Å². The molecule has 1 atom stereocenters. The van der Waals surface area contributed by atoms with Crippen molar-refractivity contribution in [2.75, 3.05) is 5.75 Å². The van der Waals surface area contributed by atoms with Gasteiger partial charge in [-0.15, -0.1) is 0 Å². The van der Waals surface area contributed by atoms with Crippen LogP contribution in [0.1, 0.15) is 20.8 Å². The molecule has 1 N–H and O–H groups in total. The number of nitrogens with one attached hydrogen (secondary N) is 1. The van der Waals surface area contributed by atoms with Crippen molar-refractivity contribution in [1.29, 1.82) is 0 Å². The van der Waals surface area contributed by atoms with Gasteiger partial charge in [-0.2, -0.15) is 0 Å². The highest BCUT2D eigenvalue weighted by Gasteiger charge is 2.41. The third-order valence-electron chi connectivity index (χ3n) is 1.93. The van der Waals surface area contributed by atoms with Gasteiger partial charge in [-0.25, -0.2) is 8.42 Å². The molecule has 0 radical (unpaired) electrons. The number of hydrogen-bond donors (Lipinski definition) is 1. The number of amides is 1. The van der Waals surface area contributed by atoms with Crippen molar-refractivity contribution in [3.63, 3.8) is 0 Å². The Hall–Kier alpha value is -0.580. The molecule has 0 aromatic rings. The first-order valence-corrected chi connectivity index (χ1v) is 5.50. The van der Waals surface area contributed by atoms with Gasteiger partial charge in [-0.1, -0.05) is 0 Å². The van der Waals surface area contributed by atoms with Gasteiger partial charge >= 0.3 is 0 Å². The fourth-order valence-corrected chi connectivity index (χ4v) is 2.98. The molecule has 4 nitrogen and oxygen atoms in total. The monoisotopic (exact) mass is 191 g/mol. The maximum absolute atomic E-state index is 11.3. The molecule has 0 spiro atoms. The molecule has 12 heavy (non-hydrogen) atoms. The molecular formula is C7H13NO3S.